The highest BCUT2D eigenvalue weighted by Crippen LogP contribution is 2.50. The van der Waals surface area contributed by atoms with Gasteiger partial charge in [-0.05, 0) is 36.4 Å². The number of nitrogens with zero attached hydrogens (tertiary/aromatic N) is 2. The molecule has 1 aliphatic heterocycles. The molecule has 1 amide bonds. The maximum atomic E-state index is 14.0. The summed E-state index contributed by atoms with van der Waals surface area (Å²) in [5, 5.41) is 3.06. The topological polar surface area (TPSA) is 61.9 Å². The minimum Gasteiger partial charge on any atom is -0.424 e. The molecule has 1 N–H and O–H groups in total. The molecule has 0 radical (unpaired) electrons. The fourth-order valence-corrected chi connectivity index (χ4v) is 4.64. The Labute approximate surface area is 218 Å². The van der Waals surface area contributed by atoms with Crippen molar-refractivity contribution < 1.29 is 18.7 Å². The number of para-hydroxylation sites is 3. The minimum atomic E-state index is -0.741. The fourth-order valence-electron chi connectivity index (χ4n) is 3.77. The Hall–Kier alpha value is -2.94. The first-order chi connectivity index (χ1) is 16.7. The Bertz CT molecular complexity index is 1270. The summed E-state index contributed by atoms with van der Waals surface area (Å²) in [7, 11) is 1.90. The van der Waals surface area contributed by atoms with Crippen molar-refractivity contribution in [3.63, 3.8) is 0 Å². The highest BCUT2D eigenvalue weighted by molar-refractivity contribution is 7.81. The Morgan fingerprint density at radius 2 is 1.71 bits per heavy atom. The summed E-state index contributed by atoms with van der Waals surface area (Å²) in [6.45, 7) is 1.53. The molecule has 35 heavy (non-hydrogen) atoms. The Morgan fingerprint density at radius 1 is 1.06 bits per heavy atom. The number of carbonyl (C=O) groups is 2. The lowest BCUT2D eigenvalue weighted by Crippen LogP contribution is -2.35. The van der Waals surface area contributed by atoms with Crippen molar-refractivity contribution in [1.29, 1.82) is 0 Å². The Balaban J connectivity index is 1.51. The van der Waals surface area contributed by atoms with E-state index in [-0.39, 0.29) is 22.6 Å². The second-order valence-electron chi connectivity index (χ2n) is 8.03. The van der Waals surface area contributed by atoms with Gasteiger partial charge in [0, 0.05) is 13.6 Å². The van der Waals surface area contributed by atoms with Crippen LogP contribution < -0.4 is 19.9 Å². The van der Waals surface area contributed by atoms with Crippen LogP contribution in [-0.4, -0.2) is 31.0 Å². The van der Waals surface area contributed by atoms with Gasteiger partial charge in [-0.2, -0.15) is 0 Å². The molecule has 0 spiro atoms. The van der Waals surface area contributed by atoms with Crippen molar-refractivity contribution in [2.75, 3.05) is 23.4 Å². The summed E-state index contributed by atoms with van der Waals surface area (Å²) in [6, 6.07) is 16.6. The monoisotopic (exact) mass is 533 g/mol. The summed E-state index contributed by atoms with van der Waals surface area (Å²) in [5.74, 6) is -2.43. The van der Waals surface area contributed by atoms with Crippen LogP contribution in [0.4, 0.5) is 21.5 Å². The number of hydrogen-bond acceptors (Lipinski definition) is 6. The van der Waals surface area contributed by atoms with E-state index in [4.69, 9.17) is 40.6 Å². The van der Waals surface area contributed by atoms with Crippen molar-refractivity contribution in [2.45, 2.75) is 12.4 Å². The molecule has 10 heteroatoms. The average molecular weight is 534 g/mol. The average Bonchev–Trinajstić information content (AvgIpc) is 3.09. The molecule has 4 rings (SSSR count). The Morgan fingerprint density at radius 3 is 2.46 bits per heavy atom. The lowest BCUT2D eigenvalue weighted by atomic mass is 10.1. The number of thiol groups is 1. The first kappa shape index (κ1) is 25.2. The number of ether oxygens (including phenoxy) is 1. The van der Waals surface area contributed by atoms with Gasteiger partial charge >= 0.3 is 5.97 Å². The third kappa shape index (κ3) is 4.91. The van der Waals surface area contributed by atoms with Gasteiger partial charge < -0.3 is 19.9 Å². The van der Waals surface area contributed by atoms with Crippen molar-refractivity contribution >= 4 is 64.8 Å². The number of benzene rings is 3. The number of rotatable bonds is 6. The molecule has 0 bridgehead atoms. The third-order valence-electron chi connectivity index (χ3n) is 5.66. The molecule has 3 aromatic carbocycles. The van der Waals surface area contributed by atoms with Crippen LogP contribution in [0.3, 0.4) is 0 Å². The van der Waals surface area contributed by atoms with Gasteiger partial charge in [0.2, 0.25) is 0 Å². The second-order valence-corrected chi connectivity index (χ2v) is 9.31. The van der Waals surface area contributed by atoms with E-state index in [1.165, 1.54) is 12.1 Å². The molecule has 2 atom stereocenters. The first-order valence-corrected chi connectivity index (χ1v) is 12.0. The zero-order valence-corrected chi connectivity index (χ0v) is 21.2. The molecule has 0 saturated heterocycles. The van der Waals surface area contributed by atoms with E-state index in [0.717, 1.165) is 17.4 Å². The predicted molar refractivity (Wildman–Crippen MR) is 140 cm³/mol. The quantitative estimate of drug-likeness (QED) is 0.234. The van der Waals surface area contributed by atoms with Crippen LogP contribution in [0.15, 0.2) is 60.7 Å². The number of carbonyl (C=O) groups excluding carboxylic acids is 2. The molecule has 0 unspecified atom stereocenters. The van der Waals surface area contributed by atoms with Gasteiger partial charge in [-0.25, -0.2) is 4.39 Å². The first-order valence-electron chi connectivity index (χ1n) is 10.7. The van der Waals surface area contributed by atoms with Crippen molar-refractivity contribution in [3.05, 3.63) is 82.1 Å². The van der Waals surface area contributed by atoms with Gasteiger partial charge in [0.25, 0.3) is 5.91 Å². The summed E-state index contributed by atoms with van der Waals surface area (Å²) < 4.78 is 19.7. The minimum absolute atomic E-state index is 0.0116. The van der Waals surface area contributed by atoms with Crippen LogP contribution in [0.1, 0.15) is 17.3 Å². The lowest BCUT2D eigenvalue weighted by molar-refractivity contribution is -0.138. The van der Waals surface area contributed by atoms with Crippen LogP contribution in [0.2, 0.25) is 10.0 Å². The normalized spacial score (nSPS) is 15.5. The fraction of sp³-hybridized carbons (Fsp3) is 0.200. The van der Waals surface area contributed by atoms with E-state index >= 15 is 0 Å². The van der Waals surface area contributed by atoms with Crippen molar-refractivity contribution in [3.8, 4) is 5.75 Å². The second kappa shape index (κ2) is 10.4. The molecular formula is C25H22Cl2FN3O3S. The smallest absolute Gasteiger partial charge is 0.315 e. The Kier molecular flexibility index (Phi) is 7.44. The molecular weight excluding hydrogens is 512 g/mol. The molecule has 0 saturated carbocycles. The van der Waals surface area contributed by atoms with Gasteiger partial charge in [-0.15, -0.1) is 12.6 Å². The van der Waals surface area contributed by atoms with Gasteiger partial charge in [0.15, 0.2) is 11.2 Å². The molecule has 0 fully saturated rings. The summed E-state index contributed by atoms with van der Waals surface area (Å²) in [6.07, 6.45) is 0. The van der Waals surface area contributed by atoms with Gasteiger partial charge in [0.1, 0.15) is 5.82 Å². The highest BCUT2D eigenvalue weighted by Gasteiger charge is 2.36. The van der Waals surface area contributed by atoms with Crippen LogP contribution >= 0.6 is 35.8 Å². The third-order valence-corrected chi connectivity index (χ3v) is 6.86. The SMILES string of the molecule is C[C@@H](CNC(=O)c1c(F)cccc1Cl)C(=O)Oc1ccccc1N1c2c(Cl)cccc2N(C)[C@@H]1S. The lowest BCUT2D eigenvalue weighted by Gasteiger charge is -2.28. The maximum absolute atomic E-state index is 14.0. The standard InChI is InChI=1S/C25H22Cl2FN3O3S/c1-14(13-29-23(32)21-15(26)7-5-9-17(21)28)24(33)34-20-12-4-3-10-18(20)31-22-16(27)8-6-11-19(22)30(2)25(31)35/h3-12,14,25,35H,13H2,1-2H3,(H,29,32)/t14-,25-/m0/s1. The number of halogens is 3. The molecule has 3 aromatic rings. The zero-order chi connectivity index (χ0) is 25.3. The molecule has 182 valence electrons. The molecule has 0 aliphatic carbocycles. The van der Waals surface area contributed by atoms with Crippen LogP contribution in [0.5, 0.6) is 5.75 Å². The van der Waals surface area contributed by atoms with Crippen molar-refractivity contribution in [2.24, 2.45) is 5.92 Å². The van der Waals surface area contributed by atoms with Crippen LogP contribution in [0, 0.1) is 11.7 Å². The number of nitrogens with one attached hydrogen (secondary N) is 1. The number of hydrogen-bond donors (Lipinski definition) is 2. The van der Waals surface area contributed by atoms with Crippen molar-refractivity contribution in [1.82, 2.24) is 5.32 Å². The van der Waals surface area contributed by atoms with E-state index in [1.807, 2.05) is 41.1 Å². The van der Waals surface area contributed by atoms with Crippen LogP contribution in [-0.2, 0) is 4.79 Å². The van der Waals surface area contributed by atoms with Crippen LogP contribution in [0.25, 0.3) is 0 Å². The van der Waals surface area contributed by atoms with E-state index in [1.54, 1.807) is 25.1 Å². The summed E-state index contributed by atoms with van der Waals surface area (Å²) in [4.78, 5) is 29.1. The predicted octanol–water partition coefficient (Wildman–Crippen LogP) is 5.91. The van der Waals surface area contributed by atoms with E-state index in [9.17, 15) is 14.0 Å². The van der Waals surface area contributed by atoms with E-state index in [0.29, 0.717) is 16.5 Å². The number of fused-ring (bicyclic) bond motifs is 1. The number of anilines is 3. The number of esters is 1. The van der Waals surface area contributed by atoms with E-state index < -0.39 is 23.6 Å². The summed E-state index contributed by atoms with van der Waals surface area (Å²) >= 11 is 17.2. The number of amides is 1. The maximum Gasteiger partial charge on any atom is 0.315 e. The van der Waals surface area contributed by atoms with Gasteiger partial charge in [-0.3, -0.25) is 9.59 Å². The molecule has 0 aromatic heterocycles. The molecule has 6 nitrogen and oxygen atoms in total. The largest absolute Gasteiger partial charge is 0.424 e. The summed E-state index contributed by atoms with van der Waals surface area (Å²) in [5.41, 5.74) is 1.60. The zero-order valence-electron chi connectivity index (χ0n) is 18.8. The highest BCUT2D eigenvalue weighted by atomic mass is 35.5. The van der Waals surface area contributed by atoms with Gasteiger partial charge in [-0.1, -0.05) is 54.4 Å². The molecule has 1 aliphatic rings. The van der Waals surface area contributed by atoms with Gasteiger partial charge in [0.05, 0.1) is 38.6 Å². The molecule has 1 heterocycles. The van der Waals surface area contributed by atoms with E-state index in [2.05, 4.69) is 5.32 Å².